The lowest BCUT2D eigenvalue weighted by Crippen LogP contribution is -3.07. The molecule has 4 rings (SSSR count). The third kappa shape index (κ3) is 1.49. The molecular formula is C14H10N4O4. The van der Waals surface area contributed by atoms with Crippen molar-refractivity contribution in [3.8, 4) is 0 Å². The lowest BCUT2D eigenvalue weighted by molar-refractivity contribution is -0.790. The van der Waals surface area contributed by atoms with E-state index in [4.69, 9.17) is 9.47 Å². The molecule has 0 radical (unpaired) electrons. The van der Waals surface area contributed by atoms with Crippen molar-refractivity contribution in [1.82, 2.24) is 0 Å². The van der Waals surface area contributed by atoms with Crippen molar-refractivity contribution in [3.63, 3.8) is 0 Å². The predicted octanol–water partition coefficient (Wildman–Crippen LogP) is -0.886. The van der Waals surface area contributed by atoms with Gasteiger partial charge in [-0.2, -0.15) is 0 Å². The first-order valence-electron chi connectivity index (χ1n) is 6.38. The maximum Gasteiger partial charge on any atom is 0.302 e. The normalized spacial score (nSPS) is 28.5. The second-order valence-electron chi connectivity index (χ2n) is 4.77. The maximum atomic E-state index is 12.0. The largest absolute Gasteiger partial charge is 0.624 e. The quantitative estimate of drug-likeness (QED) is 0.510. The minimum absolute atomic E-state index is 0.0929. The number of ether oxygens (including phenoxy) is 2. The van der Waals surface area contributed by atoms with Gasteiger partial charge < -0.3 is 30.0 Å². The van der Waals surface area contributed by atoms with Gasteiger partial charge in [-0.1, -0.05) is 0 Å². The molecule has 3 aliphatic heterocycles. The van der Waals surface area contributed by atoms with Crippen molar-refractivity contribution in [1.29, 1.82) is 0 Å². The van der Waals surface area contributed by atoms with Gasteiger partial charge in [-0.25, -0.2) is 9.98 Å². The summed E-state index contributed by atoms with van der Waals surface area (Å²) in [5.74, 6) is 0.298. The Morgan fingerprint density at radius 2 is 1.32 bits per heavy atom. The summed E-state index contributed by atoms with van der Waals surface area (Å²) in [6.45, 7) is 6.75. The highest BCUT2D eigenvalue weighted by molar-refractivity contribution is 5.69. The van der Waals surface area contributed by atoms with E-state index in [1.165, 1.54) is 12.4 Å². The number of aliphatic imine (C=N–C) groups is 2. The summed E-state index contributed by atoms with van der Waals surface area (Å²) in [6.07, 6.45) is 6.13. The van der Waals surface area contributed by atoms with Crippen LogP contribution in [-0.2, 0) is 9.47 Å². The number of allylic oxidation sites excluding steroid dienone is 5. The number of quaternary nitrogens is 2. The van der Waals surface area contributed by atoms with Gasteiger partial charge in [-0.15, -0.1) is 0 Å². The van der Waals surface area contributed by atoms with Crippen molar-refractivity contribution in [2.75, 3.05) is 0 Å². The molecule has 2 atom stereocenters. The van der Waals surface area contributed by atoms with Gasteiger partial charge in [0.15, 0.2) is 0 Å². The Morgan fingerprint density at radius 1 is 0.864 bits per heavy atom. The smallest absolute Gasteiger partial charge is 0.302 e. The van der Waals surface area contributed by atoms with E-state index in [0.29, 0.717) is 28.1 Å². The first kappa shape index (κ1) is 12.9. The molecule has 8 heteroatoms. The average Bonchev–Trinajstić information content (AvgIpc) is 3.23. The van der Waals surface area contributed by atoms with Gasteiger partial charge in [0.1, 0.15) is 12.4 Å². The zero-order chi connectivity index (χ0) is 15.4. The molecule has 2 unspecified atom stereocenters. The number of nitrogens with zero attached hydrogens (tertiary/aromatic N) is 2. The van der Waals surface area contributed by atoms with Gasteiger partial charge in [0.25, 0.3) is 11.8 Å². The molecule has 0 aromatic carbocycles. The van der Waals surface area contributed by atoms with Gasteiger partial charge >= 0.3 is 5.95 Å². The van der Waals surface area contributed by atoms with Gasteiger partial charge in [0.05, 0.1) is 16.7 Å². The van der Waals surface area contributed by atoms with Crippen LogP contribution >= 0.6 is 0 Å². The van der Waals surface area contributed by atoms with E-state index in [1.54, 1.807) is 12.2 Å². The maximum absolute atomic E-state index is 12.0. The summed E-state index contributed by atoms with van der Waals surface area (Å²) in [5, 5.41) is 23.6. The van der Waals surface area contributed by atoms with E-state index in [-0.39, 0.29) is 27.8 Å². The SMILES string of the molecule is C=NC1=C(N=C)OC(=C2C3=C(C4=C2C=C[NH+]4[O-])[NH+]([O-])C=C3)O1. The zero-order valence-electron chi connectivity index (χ0n) is 11.3. The molecular weight excluding hydrogens is 288 g/mol. The Bertz CT molecular complexity index is 749. The van der Waals surface area contributed by atoms with E-state index in [9.17, 15) is 10.4 Å². The molecule has 110 valence electrons. The predicted molar refractivity (Wildman–Crippen MR) is 76.3 cm³/mol. The summed E-state index contributed by atoms with van der Waals surface area (Å²) in [4.78, 5) is 7.35. The third-order valence-corrected chi connectivity index (χ3v) is 3.68. The van der Waals surface area contributed by atoms with Crippen molar-refractivity contribution in [3.05, 3.63) is 80.8 Å². The Kier molecular flexibility index (Phi) is 2.56. The molecule has 0 aromatic heterocycles. The Hall–Kier alpha value is -2.78. The summed E-state index contributed by atoms with van der Waals surface area (Å²) in [7, 11) is 0. The fourth-order valence-electron chi connectivity index (χ4n) is 2.80. The molecule has 3 heterocycles. The van der Waals surface area contributed by atoms with Gasteiger partial charge in [-0.3, -0.25) is 0 Å². The van der Waals surface area contributed by atoms with E-state index in [2.05, 4.69) is 23.4 Å². The topological polar surface area (TPSA) is 98.2 Å². The van der Waals surface area contributed by atoms with Crippen LogP contribution in [0, 0.1) is 10.4 Å². The van der Waals surface area contributed by atoms with Crippen molar-refractivity contribution < 1.29 is 19.6 Å². The molecule has 0 spiro atoms. The van der Waals surface area contributed by atoms with Crippen molar-refractivity contribution in [2.45, 2.75) is 0 Å². The lowest BCUT2D eigenvalue weighted by atomic mass is 10.0. The second-order valence-corrected chi connectivity index (χ2v) is 4.77. The summed E-state index contributed by atoms with van der Waals surface area (Å²) in [6, 6.07) is 0. The molecule has 0 aromatic rings. The highest BCUT2D eigenvalue weighted by Crippen LogP contribution is 2.42. The highest BCUT2D eigenvalue weighted by Gasteiger charge is 2.45. The summed E-state index contributed by atoms with van der Waals surface area (Å²) in [5.41, 5.74) is 2.52. The van der Waals surface area contributed by atoms with Crippen molar-refractivity contribution in [2.24, 2.45) is 9.98 Å². The molecule has 1 aliphatic carbocycles. The number of fused-ring (bicyclic) bond motifs is 1. The van der Waals surface area contributed by atoms with Crippen LogP contribution in [0.4, 0.5) is 0 Å². The molecule has 8 nitrogen and oxygen atoms in total. The number of hydrogen-bond donors (Lipinski definition) is 2. The molecule has 4 aliphatic rings. The highest BCUT2D eigenvalue weighted by atomic mass is 16.7. The Labute approximate surface area is 124 Å². The fourth-order valence-corrected chi connectivity index (χ4v) is 2.80. The molecule has 2 N–H and O–H groups in total. The van der Waals surface area contributed by atoms with E-state index in [1.807, 2.05) is 0 Å². The minimum atomic E-state index is -0.203. The Balaban J connectivity index is 1.88. The van der Waals surface area contributed by atoms with E-state index >= 15 is 0 Å². The van der Waals surface area contributed by atoms with Crippen LogP contribution in [0.15, 0.2) is 80.4 Å². The van der Waals surface area contributed by atoms with E-state index in [0.717, 1.165) is 0 Å². The number of hydrogen-bond acceptors (Lipinski definition) is 6. The van der Waals surface area contributed by atoms with Crippen LogP contribution in [-0.4, -0.2) is 13.4 Å². The molecule has 0 bridgehead atoms. The number of hydroxylamine groups is 4. The summed E-state index contributed by atoms with van der Waals surface area (Å²) < 4.78 is 11.0. The van der Waals surface area contributed by atoms with Crippen LogP contribution in [0.1, 0.15) is 0 Å². The monoisotopic (exact) mass is 298 g/mol. The van der Waals surface area contributed by atoms with Crippen LogP contribution in [0.2, 0.25) is 0 Å². The standard InChI is InChI=1S/C14H10N4O4/c1-15-12-13(16-2)22-14(21-12)9-7-3-5-17(19)10(7)11-8(9)4-6-18(11)20/h3-6,17-18H,1-2H2. The second kappa shape index (κ2) is 4.36. The van der Waals surface area contributed by atoms with Gasteiger partial charge in [0.2, 0.25) is 11.4 Å². The van der Waals surface area contributed by atoms with Crippen LogP contribution < -0.4 is 10.1 Å². The molecule has 0 saturated heterocycles. The third-order valence-electron chi connectivity index (χ3n) is 3.68. The summed E-state index contributed by atoms with van der Waals surface area (Å²) >= 11 is 0. The van der Waals surface area contributed by atoms with E-state index < -0.39 is 0 Å². The minimum Gasteiger partial charge on any atom is -0.624 e. The van der Waals surface area contributed by atoms with Gasteiger partial charge in [-0.05, 0) is 13.4 Å². The number of rotatable bonds is 2. The molecule has 22 heavy (non-hydrogen) atoms. The first-order chi connectivity index (χ1) is 10.7. The Morgan fingerprint density at radius 3 is 1.73 bits per heavy atom. The number of nitrogens with one attached hydrogen (secondary N) is 2. The average molecular weight is 298 g/mol. The zero-order valence-corrected chi connectivity index (χ0v) is 11.3. The van der Waals surface area contributed by atoms with Crippen LogP contribution in [0.3, 0.4) is 0 Å². The first-order valence-corrected chi connectivity index (χ1v) is 6.38. The molecule has 0 saturated carbocycles. The van der Waals surface area contributed by atoms with Crippen LogP contribution in [0.25, 0.3) is 0 Å². The fraction of sp³-hybridized carbons (Fsp3) is 0. The lowest BCUT2D eigenvalue weighted by Gasteiger charge is -2.21. The molecule has 0 amide bonds. The van der Waals surface area contributed by atoms with Crippen molar-refractivity contribution >= 4 is 13.4 Å². The van der Waals surface area contributed by atoms with Gasteiger partial charge in [0, 0.05) is 12.2 Å². The molecule has 0 fully saturated rings. The van der Waals surface area contributed by atoms with Crippen LogP contribution in [0.5, 0.6) is 0 Å².